The van der Waals surface area contributed by atoms with E-state index < -0.39 is 16.0 Å². The molecule has 1 heterocycles. The summed E-state index contributed by atoms with van der Waals surface area (Å²) >= 11 is 0.925. The number of nitrogens with zero attached hydrogens (tertiary/aromatic N) is 1. The number of carbonyl (C=O) groups excluding carboxylic acids is 1. The van der Waals surface area contributed by atoms with Gasteiger partial charge < -0.3 is 4.74 Å². The second kappa shape index (κ2) is 6.85. The van der Waals surface area contributed by atoms with E-state index in [2.05, 4.69) is 21.4 Å². The molecule has 1 aliphatic carbocycles. The van der Waals surface area contributed by atoms with Crippen LogP contribution in [0.1, 0.15) is 43.1 Å². The quantitative estimate of drug-likeness (QED) is 0.834. The van der Waals surface area contributed by atoms with E-state index in [0.717, 1.165) is 30.6 Å². The Labute approximate surface area is 129 Å². The summed E-state index contributed by atoms with van der Waals surface area (Å²) < 4.78 is 31.8. The lowest BCUT2D eigenvalue weighted by molar-refractivity contribution is 0.0590. The Morgan fingerprint density at radius 3 is 2.86 bits per heavy atom. The van der Waals surface area contributed by atoms with Crippen molar-refractivity contribution in [3.8, 4) is 0 Å². The van der Waals surface area contributed by atoms with E-state index in [-0.39, 0.29) is 9.90 Å². The Hall–Kier alpha value is -0.990. The minimum absolute atomic E-state index is 0.0715. The minimum Gasteiger partial charge on any atom is -0.464 e. The van der Waals surface area contributed by atoms with Gasteiger partial charge in [-0.2, -0.15) is 0 Å². The first-order chi connectivity index (χ1) is 9.95. The van der Waals surface area contributed by atoms with Crippen LogP contribution in [0.2, 0.25) is 0 Å². The van der Waals surface area contributed by atoms with Crippen molar-refractivity contribution in [3.05, 3.63) is 11.2 Å². The van der Waals surface area contributed by atoms with Crippen LogP contribution in [-0.2, 0) is 14.8 Å². The van der Waals surface area contributed by atoms with Crippen LogP contribution in [0.5, 0.6) is 0 Å². The molecular weight excluding hydrogens is 312 g/mol. The van der Waals surface area contributed by atoms with Gasteiger partial charge in [-0.15, -0.1) is 11.3 Å². The van der Waals surface area contributed by atoms with Crippen molar-refractivity contribution in [1.82, 2.24) is 9.71 Å². The van der Waals surface area contributed by atoms with E-state index in [0.29, 0.717) is 18.4 Å². The predicted octanol–water partition coefficient (Wildman–Crippen LogP) is 2.03. The van der Waals surface area contributed by atoms with E-state index >= 15 is 0 Å². The number of sulfonamides is 1. The number of aromatic nitrogens is 1. The van der Waals surface area contributed by atoms with Crippen LogP contribution in [0.4, 0.5) is 0 Å². The summed E-state index contributed by atoms with van der Waals surface area (Å²) in [4.78, 5) is 15.3. The smallest absolute Gasteiger partial charge is 0.358 e. The summed E-state index contributed by atoms with van der Waals surface area (Å²) in [5, 5.41) is 0. The van der Waals surface area contributed by atoms with Crippen LogP contribution in [0.25, 0.3) is 0 Å². The number of hydrogen-bond acceptors (Lipinski definition) is 6. The third kappa shape index (κ3) is 3.81. The maximum absolute atomic E-state index is 12.3. The van der Waals surface area contributed by atoms with E-state index in [1.165, 1.54) is 19.0 Å². The molecule has 0 aromatic carbocycles. The number of ether oxygens (including phenoxy) is 1. The van der Waals surface area contributed by atoms with E-state index in [1.54, 1.807) is 0 Å². The van der Waals surface area contributed by atoms with Crippen molar-refractivity contribution in [2.45, 2.75) is 36.8 Å². The molecule has 0 amide bonds. The van der Waals surface area contributed by atoms with E-state index in [1.807, 2.05) is 0 Å². The third-order valence-electron chi connectivity index (χ3n) is 3.98. The topological polar surface area (TPSA) is 85.4 Å². The second-order valence-corrected chi connectivity index (χ2v) is 8.17. The Kier molecular flexibility index (Phi) is 5.34. The van der Waals surface area contributed by atoms with Crippen LogP contribution >= 0.6 is 11.3 Å². The maximum Gasteiger partial charge on any atom is 0.358 e. The SMILES string of the molecule is COC(=O)c1ncsc1S(=O)(=O)NCC1CCCCC1C. The zero-order valence-corrected chi connectivity index (χ0v) is 13.8. The summed E-state index contributed by atoms with van der Waals surface area (Å²) in [7, 11) is -2.52. The van der Waals surface area contributed by atoms with Crippen LogP contribution < -0.4 is 4.72 Å². The highest BCUT2D eigenvalue weighted by Crippen LogP contribution is 2.29. The highest BCUT2D eigenvalue weighted by atomic mass is 32.2. The molecule has 0 bridgehead atoms. The number of rotatable bonds is 5. The molecule has 0 radical (unpaired) electrons. The van der Waals surface area contributed by atoms with Crippen molar-refractivity contribution >= 4 is 27.3 Å². The fraction of sp³-hybridized carbons (Fsp3) is 0.692. The number of hydrogen-bond donors (Lipinski definition) is 1. The average molecular weight is 332 g/mol. The number of methoxy groups -OCH3 is 1. The van der Waals surface area contributed by atoms with Crippen LogP contribution in [0.15, 0.2) is 9.72 Å². The first-order valence-corrected chi connectivity index (χ1v) is 9.33. The zero-order chi connectivity index (χ0) is 15.5. The van der Waals surface area contributed by atoms with Gasteiger partial charge in [-0.25, -0.2) is 22.9 Å². The summed E-state index contributed by atoms with van der Waals surface area (Å²) in [6.45, 7) is 2.56. The lowest BCUT2D eigenvalue weighted by Gasteiger charge is -2.28. The van der Waals surface area contributed by atoms with Crippen LogP contribution in [-0.4, -0.2) is 33.0 Å². The van der Waals surface area contributed by atoms with E-state index in [4.69, 9.17) is 0 Å². The van der Waals surface area contributed by atoms with E-state index in [9.17, 15) is 13.2 Å². The van der Waals surface area contributed by atoms with Crippen molar-refractivity contribution in [2.75, 3.05) is 13.7 Å². The first-order valence-electron chi connectivity index (χ1n) is 6.97. The second-order valence-electron chi connectivity index (χ2n) is 5.35. The molecule has 21 heavy (non-hydrogen) atoms. The average Bonchev–Trinajstić information content (AvgIpc) is 2.96. The lowest BCUT2D eigenvalue weighted by atomic mass is 9.81. The Bertz CT molecular complexity index is 597. The molecule has 1 saturated carbocycles. The molecule has 118 valence electrons. The van der Waals surface area contributed by atoms with Crippen molar-refractivity contribution in [1.29, 1.82) is 0 Å². The molecule has 1 N–H and O–H groups in total. The molecule has 1 aliphatic rings. The molecule has 0 aliphatic heterocycles. The predicted molar refractivity (Wildman–Crippen MR) is 79.8 cm³/mol. The van der Waals surface area contributed by atoms with Gasteiger partial charge >= 0.3 is 5.97 Å². The van der Waals surface area contributed by atoms with Gasteiger partial charge in [0.2, 0.25) is 0 Å². The summed E-state index contributed by atoms with van der Waals surface area (Å²) in [6, 6.07) is 0. The molecule has 2 atom stereocenters. The lowest BCUT2D eigenvalue weighted by Crippen LogP contribution is -2.33. The first kappa shape index (κ1) is 16.4. The van der Waals surface area contributed by atoms with Gasteiger partial charge in [0.15, 0.2) is 9.90 Å². The fourth-order valence-electron chi connectivity index (χ4n) is 2.64. The Balaban J connectivity index is 2.08. The monoisotopic (exact) mass is 332 g/mol. The Morgan fingerprint density at radius 1 is 1.48 bits per heavy atom. The molecular formula is C13H20N2O4S2. The third-order valence-corrected chi connectivity index (χ3v) is 6.78. The number of esters is 1. The molecule has 0 spiro atoms. The van der Waals surface area contributed by atoms with Gasteiger partial charge in [0.05, 0.1) is 12.6 Å². The molecule has 2 unspecified atom stereocenters. The molecule has 0 saturated heterocycles. The molecule has 1 aromatic heterocycles. The standard InChI is InChI=1S/C13H20N2O4S2/c1-9-5-3-4-6-10(9)7-15-21(17,18)13-11(12(16)19-2)14-8-20-13/h8-10,15H,3-7H2,1-2H3. The zero-order valence-electron chi connectivity index (χ0n) is 12.2. The number of thiazole rings is 1. The Morgan fingerprint density at radius 2 is 2.19 bits per heavy atom. The normalized spacial score (nSPS) is 23.0. The molecule has 2 rings (SSSR count). The highest BCUT2D eigenvalue weighted by Gasteiger charge is 2.28. The molecule has 6 nitrogen and oxygen atoms in total. The van der Waals surface area contributed by atoms with Gasteiger partial charge in [-0.1, -0.05) is 26.2 Å². The van der Waals surface area contributed by atoms with Gasteiger partial charge in [-0.05, 0) is 18.3 Å². The number of nitrogens with one attached hydrogen (secondary N) is 1. The van der Waals surface area contributed by atoms with Crippen LogP contribution in [0.3, 0.4) is 0 Å². The summed E-state index contributed by atoms with van der Waals surface area (Å²) in [5.74, 6) is 0.133. The van der Waals surface area contributed by atoms with Gasteiger partial charge in [0.25, 0.3) is 10.0 Å². The number of carbonyl (C=O) groups is 1. The molecule has 8 heteroatoms. The molecule has 1 fully saturated rings. The van der Waals surface area contributed by atoms with Gasteiger partial charge in [0, 0.05) is 6.54 Å². The largest absolute Gasteiger partial charge is 0.464 e. The minimum atomic E-state index is -3.72. The maximum atomic E-state index is 12.3. The van der Waals surface area contributed by atoms with Crippen molar-refractivity contribution in [2.24, 2.45) is 11.8 Å². The summed E-state index contributed by atoms with van der Waals surface area (Å²) in [6.07, 6.45) is 4.53. The fourth-order valence-corrected chi connectivity index (χ4v) is 4.91. The van der Waals surface area contributed by atoms with Crippen molar-refractivity contribution in [3.63, 3.8) is 0 Å². The van der Waals surface area contributed by atoms with Crippen LogP contribution in [0, 0.1) is 11.8 Å². The summed E-state index contributed by atoms with van der Waals surface area (Å²) in [5.41, 5.74) is 1.19. The van der Waals surface area contributed by atoms with Crippen molar-refractivity contribution < 1.29 is 17.9 Å². The highest BCUT2D eigenvalue weighted by molar-refractivity contribution is 7.91. The van der Waals surface area contributed by atoms with Gasteiger partial charge in [-0.3, -0.25) is 0 Å². The van der Waals surface area contributed by atoms with Gasteiger partial charge in [0.1, 0.15) is 0 Å². The molecule has 1 aromatic rings.